The number of nitrogens with one attached hydrogen (secondary N) is 1. The summed E-state index contributed by atoms with van der Waals surface area (Å²) >= 11 is 0. The van der Waals surface area contributed by atoms with E-state index in [0.29, 0.717) is 6.04 Å². The Morgan fingerprint density at radius 1 is 1.30 bits per heavy atom. The number of ether oxygens (including phenoxy) is 1. The summed E-state index contributed by atoms with van der Waals surface area (Å²) < 4.78 is 5.63. The molecule has 2 rings (SSSR count). The lowest BCUT2D eigenvalue weighted by Gasteiger charge is -2.17. The summed E-state index contributed by atoms with van der Waals surface area (Å²) in [6, 6.07) is 6.64. The number of allylic oxidation sites excluding steroid dienone is 1. The first kappa shape index (κ1) is 17.9. The molecule has 0 fully saturated rings. The van der Waals surface area contributed by atoms with Crippen molar-refractivity contribution in [2.45, 2.75) is 64.8 Å². The Balaban J connectivity index is 1.74. The lowest BCUT2D eigenvalue weighted by atomic mass is 9.97. The van der Waals surface area contributed by atoms with Crippen LogP contribution in [0.15, 0.2) is 29.8 Å². The van der Waals surface area contributed by atoms with Gasteiger partial charge < -0.3 is 15.8 Å². The molecule has 1 aromatic rings. The van der Waals surface area contributed by atoms with Crippen LogP contribution in [-0.2, 0) is 6.42 Å². The van der Waals surface area contributed by atoms with E-state index in [4.69, 9.17) is 10.5 Å². The molecule has 0 saturated carbocycles. The van der Waals surface area contributed by atoms with Gasteiger partial charge in [0.25, 0.3) is 0 Å². The predicted octanol–water partition coefficient (Wildman–Crippen LogP) is 4.47. The van der Waals surface area contributed by atoms with Crippen LogP contribution in [0.3, 0.4) is 0 Å². The first-order valence-electron chi connectivity index (χ1n) is 9.11. The molecule has 128 valence electrons. The van der Waals surface area contributed by atoms with Crippen LogP contribution < -0.4 is 15.8 Å². The zero-order chi connectivity index (χ0) is 16.5. The summed E-state index contributed by atoms with van der Waals surface area (Å²) in [6.45, 7) is 6.13. The molecule has 0 spiro atoms. The third-order valence-corrected chi connectivity index (χ3v) is 4.40. The minimum Gasteiger partial charge on any atom is -0.491 e. The van der Waals surface area contributed by atoms with Gasteiger partial charge in [0.1, 0.15) is 5.75 Å². The molecule has 0 radical (unpaired) electrons. The SMILES string of the molecule is CCCOc1ccc(CC(C)NCCC2=CCCCC2)cc1N. The van der Waals surface area contributed by atoms with Crippen molar-refractivity contribution in [3.63, 3.8) is 0 Å². The Hall–Kier alpha value is -1.48. The second-order valence-electron chi connectivity index (χ2n) is 6.64. The van der Waals surface area contributed by atoms with Gasteiger partial charge in [0.15, 0.2) is 0 Å². The van der Waals surface area contributed by atoms with Gasteiger partial charge in [-0.2, -0.15) is 0 Å². The first-order chi connectivity index (χ1) is 11.2. The maximum atomic E-state index is 6.08. The molecule has 1 aliphatic carbocycles. The number of hydrogen-bond acceptors (Lipinski definition) is 3. The van der Waals surface area contributed by atoms with E-state index in [1.54, 1.807) is 5.57 Å². The lowest BCUT2D eigenvalue weighted by Crippen LogP contribution is -2.29. The van der Waals surface area contributed by atoms with Crippen molar-refractivity contribution < 1.29 is 4.74 Å². The van der Waals surface area contributed by atoms with Crippen LogP contribution in [0.4, 0.5) is 5.69 Å². The van der Waals surface area contributed by atoms with Gasteiger partial charge in [0.05, 0.1) is 12.3 Å². The third-order valence-electron chi connectivity index (χ3n) is 4.40. The highest BCUT2D eigenvalue weighted by molar-refractivity contribution is 5.54. The van der Waals surface area contributed by atoms with Crippen LogP contribution >= 0.6 is 0 Å². The van der Waals surface area contributed by atoms with E-state index in [0.717, 1.165) is 37.4 Å². The van der Waals surface area contributed by atoms with Crippen LogP contribution in [0.2, 0.25) is 0 Å². The summed E-state index contributed by atoms with van der Waals surface area (Å²) in [7, 11) is 0. The summed E-state index contributed by atoms with van der Waals surface area (Å²) in [5.74, 6) is 0.806. The molecular formula is C20H32N2O. The molecule has 0 heterocycles. The fourth-order valence-electron chi connectivity index (χ4n) is 3.10. The average molecular weight is 316 g/mol. The monoisotopic (exact) mass is 316 g/mol. The lowest BCUT2D eigenvalue weighted by molar-refractivity contribution is 0.319. The smallest absolute Gasteiger partial charge is 0.142 e. The second kappa shape index (κ2) is 9.61. The molecular weight excluding hydrogens is 284 g/mol. The van der Waals surface area contributed by atoms with E-state index in [9.17, 15) is 0 Å². The molecule has 0 bridgehead atoms. The fourth-order valence-corrected chi connectivity index (χ4v) is 3.10. The number of benzene rings is 1. The predicted molar refractivity (Wildman–Crippen MR) is 99.0 cm³/mol. The van der Waals surface area contributed by atoms with Crippen molar-refractivity contribution in [2.75, 3.05) is 18.9 Å². The molecule has 0 saturated heterocycles. The van der Waals surface area contributed by atoms with Gasteiger partial charge in [-0.05, 0) is 76.1 Å². The van der Waals surface area contributed by atoms with E-state index >= 15 is 0 Å². The molecule has 23 heavy (non-hydrogen) atoms. The molecule has 1 unspecified atom stereocenters. The quantitative estimate of drug-likeness (QED) is 0.522. The molecule has 0 aliphatic heterocycles. The van der Waals surface area contributed by atoms with Gasteiger partial charge in [0, 0.05) is 6.04 Å². The topological polar surface area (TPSA) is 47.3 Å². The molecule has 3 N–H and O–H groups in total. The number of nitrogens with two attached hydrogens (primary N) is 1. The normalized spacial score (nSPS) is 16.0. The van der Waals surface area contributed by atoms with Gasteiger partial charge in [-0.25, -0.2) is 0 Å². The highest BCUT2D eigenvalue weighted by atomic mass is 16.5. The number of anilines is 1. The Labute approximate surface area is 141 Å². The van der Waals surface area contributed by atoms with Gasteiger partial charge in [-0.3, -0.25) is 0 Å². The number of nitrogen functional groups attached to an aromatic ring is 1. The zero-order valence-corrected chi connectivity index (χ0v) is 14.7. The van der Waals surface area contributed by atoms with Crippen LogP contribution in [0, 0.1) is 0 Å². The van der Waals surface area contributed by atoms with E-state index in [2.05, 4.69) is 31.3 Å². The molecule has 1 aromatic carbocycles. The van der Waals surface area contributed by atoms with E-state index < -0.39 is 0 Å². The Kier molecular flexibility index (Phi) is 7.47. The van der Waals surface area contributed by atoms with Crippen molar-refractivity contribution in [1.82, 2.24) is 5.32 Å². The molecule has 0 amide bonds. The van der Waals surface area contributed by atoms with E-state index in [1.807, 2.05) is 12.1 Å². The van der Waals surface area contributed by atoms with Crippen LogP contribution in [0.1, 0.15) is 57.9 Å². The van der Waals surface area contributed by atoms with Crippen LogP contribution in [0.5, 0.6) is 5.75 Å². The molecule has 3 nitrogen and oxygen atoms in total. The van der Waals surface area contributed by atoms with Crippen molar-refractivity contribution in [1.29, 1.82) is 0 Å². The van der Waals surface area contributed by atoms with E-state index in [-0.39, 0.29) is 0 Å². The summed E-state index contributed by atoms with van der Waals surface area (Å²) in [5, 5.41) is 3.63. The van der Waals surface area contributed by atoms with Crippen molar-refractivity contribution >= 4 is 5.69 Å². The highest BCUT2D eigenvalue weighted by Gasteiger charge is 2.08. The van der Waals surface area contributed by atoms with Gasteiger partial charge in [-0.15, -0.1) is 0 Å². The van der Waals surface area contributed by atoms with Gasteiger partial charge in [0.2, 0.25) is 0 Å². The van der Waals surface area contributed by atoms with Crippen molar-refractivity contribution in [2.24, 2.45) is 0 Å². The van der Waals surface area contributed by atoms with Gasteiger partial charge >= 0.3 is 0 Å². The minimum atomic E-state index is 0.459. The zero-order valence-electron chi connectivity index (χ0n) is 14.7. The Morgan fingerprint density at radius 3 is 2.87 bits per heavy atom. The highest BCUT2D eigenvalue weighted by Crippen LogP contribution is 2.23. The molecule has 0 aromatic heterocycles. The summed E-state index contributed by atoms with van der Waals surface area (Å²) in [6.07, 6.45) is 10.9. The number of rotatable bonds is 9. The molecule has 1 aliphatic rings. The largest absolute Gasteiger partial charge is 0.491 e. The van der Waals surface area contributed by atoms with Crippen LogP contribution in [0.25, 0.3) is 0 Å². The second-order valence-corrected chi connectivity index (χ2v) is 6.64. The van der Waals surface area contributed by atoms with Crippen molar-refractivity contribution in [3.8, 4) is 5.75 Å². The Bertz CT molecular complexity index is 510. The van der Waals surface area contributed by atoms with Gasteiger partial charge in [-0.1, -0.05) is 24.6 Å². The first-order valence-corrected chi connectivity index (χ1v) is 9.11. The average Bonchev–Trinajstić information content (AvgIpc) is 2.55. The van der Waals surface area contributed by atoms with Crippen molar-refractivity contribution in [3.05, 3.63) is 35.4 Å². The summed E-state index contributed by atoms with van der Waals surface area (Å²) in [5.41, 5.74) is 9.73. The minimum absolute atomic E-state index is 0.459. The molecule has 1 atom stereocenters. The Morgan fingerprint density at radius 2 is 2.17 bits per heavy atom. The standard InChI is InChI=1S/C20H32N2O/c1-3-13-23-20-10-9-18(15-19(20)21)14-16(2)22-12-11-17-7-5-4-6-8-17/h7,9-10,15-16,22H,3-6,8,11-14,21H2,1-2H3. The number of hydrogen-bond donors (Lipinski definition) is 2. The van der Waals surface area contributed by atoms with Crippen LogP contribution in [-0.4, -0.2) is 19.2 Å². The van der Waals surface area contributed by atoms with E-state index in [1.165, 1.54) is 37.7 Å². The maximum Gasteiger partial charge on any atom is 0.142 e. The third kappa shape index (κ3) is 6.26. The summed E-state index contributed by atoms with van der Waals surface area (Å²) in [4.78, 5) is 0. The fraction of sp³-hybridized carbons (Fsp3) is 0.600. The maximum absolute atomic E-state index is 6.08. The molecule has 3 heteroatoms.